The van der Waals surface area contributed by atoms with E-state index in [0.29, 0.717) is 6.54 Å². The molecular formula is C13H19NO. The van der Waals surface area contributed by atoms with Gasteiger partial charge in [0.1, 0.15) is 11.9 Å². The van der Waals surface area contributed by atoms with Gasteiger partial charge in [0, 0.05) is 13.0 Å². The molecule has 0 saturated heterocycles. The maximum absolute atomic E-state index is 5.70. The molecule has 0 aromatic heterocycles. The van der Waals surface area contributed by atoms with E-state index in [1.165, 1.54) is 11.1 Å². The Kier molecular flexibility index (Phi) is 2.47. The first-order chi connectivity index (χ1) is 7.00. The van der Waals surface area contributed by atoms with Crippen molar-refractivity contribution in [1.29, 1.82) is 0 Å². The molecule has 0 unspecified atom stereocenters. The van der Waals surface area contributed by atoms with Crippen LogP contribution in [0.15, 0.2) is 18.2 Å². The van der Waals surface area contributed by atoms with Crippen LogP contribution in [-0.2, 0) is 11.8 Å². The Balaban J connectivity index is 2.30. The molecule has 0 aliphatic carbocycles. The maximum Gasteiger partial charge on any atom is 0.123 e. The zero-order chi connectivity index (χ0) is 11.1. The summed E-state index contributed by atoms with van der Waals surface area (Å²) in [5, 5.41) is 0. The Morgan fingerprint density at radius 2 is 2.13 bits per heavy atom. The van der Waals surface area contributed by atoms with Crippen LogP contribution in [0.2, 0.25) is 0 Å². The number of fused-ring (bicyclic) bond motifs is 1. The predicted molar refractivity (Wildman–Crippen MR) is 62.3 cm³/mol. The zero-order valence-electron chi connectivity index (χ0n) is 9.71. The monoisotopic (exact) mass is 205 g/mol. The molecule has 1 aromatic rings. The third-order valence-corrected chi connectivity index (χ3v) is 2.93. The van der Waals surface area contributed by atoms with Crippen LogP contribution >= 0.6 is 0 Å². The van der Waals surface area contributed by atoms with Gasteiger partial charge < -0.3 is 10.5 Å². The lowest BCUT2D eigenvalue weighted by Crippen LogP contribution is -2.24. The van der Waals surface area contributed by atoms with Gasteiger partial charge in [-0.05, 0) is 22.6 Å². The molecule has 0 radical (unpaired) electrons. The topological polar surface area (TPSA) is 35.2 Å². The second kappa shape index (κ2) is 3.53. The Morgan fingerprint density at radius 3 is 2.73 bits per heavy atom. The smallest absolute Gasteiger partial charge is 0.123 e. The molecule has 2 heteroatoms. The van der Waals surface area contributed by atoms with Gasteiger partial charge in [0.25, 0.3) is 0 Å². The summed E-state index contributed by atoms with van der Waals surface area (Å²) in [5.41, 5.74) is 8.48. The fourth-order valence-corrected chi connectivity index (χ4v) is 1.92. The van der Waals surface area contributed by atoms with Crippen molar-refractivity contribution in [3.63, 3.8) is 0 Å². The average molecular weight is 205 g/mol. The number of benzene rings is 1. The van der Waals surface area contributed by atoms with E-state index < -0.39 is 0 Å². The van der Waals surface area contributed by atoms with Crippen molar-refractivity contribution in [2.24, 2.45) is 5.73 Å². The molecule has 2 nitrogen and oxygen atoms in total. The summed E-state index contributed by atoms with van der Waals surface area (Å²) < 4.78 is 5.70. The molecule has 1 aliphatic heterocycles. The molecule has 2 rings (SSSR count). The van der Waals surface area contributed by atoms with Gasteiger partial charge in [0.15, 0.2) is 0 Å². The highest BCUT2D eigenvalue weighted by Gasteiger charge is 2.23. The fraction of sp³-hybridized carbons (Fsp3) is 0.538. The van der Waals surface area contributed by atoms with Gasteiger partial charge in [-0.25, -0.2) is 0 Å². The fourth-order valence-electron chi connectivity index (χ4n) is 1.92. The van der Waals surface area contributed by atoms with E-state index in [1.807, 2.05) is 0 Å². The van der Waals surface area contributed by atoms with Crippen LogP contribution < -0.4 is 10.5 Å². The highest BCUT2D eigenvalue weighted by Crippen LogP contribution is 2.33. The third kappa shape index (κ3) is 2.00. The van der Waals surface area contributed by atoms with Gasteiger partial charge >= 0.3 is 0 Å². The van der Waals surface area contributed by atoms with Crippen LogP contribution in [-0.4, -0.2) is 12.6 Å². The number of ether oxygens (including phenoxy) is 1. The van der Waals surface area contributed by atoms with Crippen LogP contribution in [0.4, 0.5) is 0 Å². The van der Waals surface area contributed by atoms with E-state index >= 15 is 0 Å². The summed E-state index contributed by atoms with van der Waals surface area (Å²) in [6.07, 6.45) is 1.13. The van der Waals surface area contributed by atoms with Gasteiger partial charge in [-0.3, -0.25) is 0 Å². The SMILES string of the molecule is CC(C)(C)c1ccc2c(c1)C[C@@H](CN)O2. The van der Waals surface area contributed by atoms with E-state index in [1.54, 1.807) is 0 Å². The lowest BCUT2D eigenvalue weighted by molar-refractivity contribution is 0.241. The van der Waals surface area contributed by atoms with Crippen LogP contribution in [0.25, 0.3) is 0 Å². The van der Waals surface area contributed by atoms with Crippen LogP contribution in [0.1, 0.15) is 31.9 Å². The number of hydrogen-bond acceptors (Lipinski definition) is 2. The summed E-state index contributed by atoms with van der Waals surface area (Å²) in [7, 11) is 0. The van der Waals surface area contributed by atoms with Crippen molar-refractivity contribution < 1.29 is 4.74 Å². The standard InChI is InChI=1S/C13H19NO/c1-13(2,3)10-4-5-12-9(6-10)7-11(8-14)15-12/h4-6,11H,7-8,14H2,1-3H3/t11-/m0/s1. The van der Waals surface area contributed by atoms with Gasteiger partial charge in [0.2, 0.25) is 0 Å². The summed E-state index contributed by atoms with van der Waals surface area (Å²) in [6, 6.07) is 6.48. The second-order valence-electron chi connectivity index (χ2n) is 5.25. The Bertz CT molecular complexity index is 365. The molecular weight excluding hydrogens is 186 g/mol. The van der Waals surface area contributed by atoms with E-state index in [2.05, 4.69) is 39.0 Å². The van der Waals surface area contributed by atoms with Gasteiger partial charge in [-0.2, -0.15) is 0 Å². The summed E-state index contributed by atoms with van der Waals surface area (Å²) >= 11 is 0. The second-order valence-corrected chi connectivity index (χ2v) is 5.25. The summed E-state index contributed by atoms with van der Waals surface area (Å²) in [6.45, 7) is 7.28. The normalized spacial score (nSPS) is 19.9. The molecule has 1 heterocycles. The van der Waals surface area contributed by atoms with Gasteiger partial charge in [-0.1, -0.05) is 32.9 Å². The minimum Gasteiger partial charge on any atom is -0.488 e. The first kappa shape index (κ1) is 10.5. The van der Waals surface area contributed by atoms with Crippen molar-refractivity contribution in [2.45, 2.75) is 38.7 Å². The molecule has 82 valence electrons. The van der Waals surface area contributed by atoms with Gasteiger partial charge in [0.05, 0.1) is 0 Å². The van der Waals surface area contributed by atoms with E-state index in [9.17, 15) is 0 Å². The Labute approximate surface area is 91.4 Å². The number of nitrogens with two attached hydrogens (primary N) is 1. The van der Waals surface area contributed by atoms with Gasteiger partial charge in [-0.15, -0.1) is 0 Å². The minimum atomic E-state index is 0.176. The molecule has 15 heavy (non-hydrogen) atoms. The predicted octanol–water partition coefficient (Wildman–Crippen LogP) is 2.25. The average Bonchev–Trinajstić information content (AvgIpc) is 2.57. The van der Waals surface area contributed by atoms with Crippen LogP contribution in [0.5, 0.6) is 5.75 Å². The quantitative estimate of drug-likeness (QED) is 0.763. The van der Waals surface area contributed by atoms with E-state index in [0.717, 1.165) is 12.2 Å². The molecule has 1 aliphatic rings. The highest BCUT2D eigenvalue weighted by molar-refractivity contribution is 5.42. The third-order valence-electron chi connectivity index (χ3n) is 2.93. The minimum absolute atomic E-state index is 0.176. The molecule has 1 atom stereocenters. The first-order valence-corrected chi connectivity index (χ1v) is 5.51. The first-order valence-electron chi connectivity index (χ1n) is 5.51. The highest BCUT2D eigenvalue weighted by atomic mass is 16.5. The lowest BCUT2D eigenvalue weighted by atomic mass is 9.86. The molecule has 0 amide bonds. The maximum atomic E-state index is 5.70. The van der Waals surface area contributed by atoms with Crippen molar-refractivity contribution >= 4 is 0 Å². The largest absolute Gasteiger partial charge is 0.488 e. The summed E-state index contributed by atoms with van der Waals surface area (Å²) in [4.78, 5) is 0. The van der Waals surface area contributed by atoms with E-state index in [4.69, 9.17) is 10.5 Å². The zero-order valence-corrected chi connectivity index (χ0v) is 9.71. The summed E-state index contributed by atoms with van der Waals surface area (Å²) in [5.74, 6) is 1.01. The molecule has 2 N–H and O–H groups in total. The van der Waals surface area contributed by atoms with E-state index in [-0.39, 0.29) is 11.5 Å². The molecule has 0 fully saturated rings. The Morgan fingerprint density at radius 1 is 1.40 bits per heavy atom. The number of hydrogen-bond donors (Lipinski definition) is 1. The molecule has 1 aromatic carbocycles. The van der Waals surface area contributed by atoms with Crippen molar-refractivity contribution in [1.82, 2.24) is 0 Å². The molecule has 0 spiro atoms. The lowest BCUT2D eigenvalue weighted by Gasteiger charge is -2.19. The van der Waals surface area contributed by atoms with Crippen LogP contribution in [0.3, 0.4) is 0 Å². The Hall–Kier alpha value is -1.02. The van der Waals surface area contributed by atoms with Crippen molar-refractivity contribution in [2.75, 3.05) is 6.54 Å². The molecule has 0 bridgehead atoms. The van der Waals surface area contributed by atoms with Crippen LogP contribution in [0, 0.1) is 0 Å². The molecule has 0 saturated carbocycles. The van der Waals surface area contributed by atoms with Crippen molar-refractivity contribution in [3.8, 4) is 5.75 Å². The van der Waals surface area contributed by atoms with Crippen molar-refractivity contribution in [3.05, 3.63) is 29.3 Å². The number of rotatable bonds is 1.